The maximum atomic E-state index is 13.6. The van der Waals surface area contributed by atoms with Crippen LogP contribution in [0.5, 0.6) is 0 Å². The zero-order valence-corrected chi connectivity index (χ0v) is 20.1. The lowest BCUT2D eigenvalue weighted by Gasteiger charge is -2.48. The maximum Gasteiger partial charge on any atom is 0.258 e. The fourth-order valence-corrected chi connectivity index (χ4v) is 5.76. The molecule has 2 heterocycles. The smallest absolute Gasteiger partial charge is 0.258 e. The van der Waals surface area contributed by atoms with Gasteiger partial charge in [-0.3, -0.25) is 9.59 Å². The predicted octanol–water partition coefficient (Wildman–Crippen LogP) is 5.53. The van der Waals surface area contributed by atoms with Gasteiger partial charge in [-0.2, -0.15) is 10.2 Å². The molecule has 0 aromatic heterocycles. The third-order valence-corrected chi connectivity index (χ3v) is 7.36. The molecule has 34 heavy (non-hydrogen) atoms. The van der Waals surface area contributed by atoms with E-state index in [1.54, 1.807) is 11.9 Å². The van der Waals surface area contributed by atoms with Crippen molar-refractivity contribution in [3.05, 3.63) is 88.8 Å². The van der Waals surface area contributed by atoms with Crippen LogP contribution < -0.4 is 10.2 Å². The lowest BCUT2D eigenvalue weighted by molar-refractivity contribution is -0.119. The van der Waals surface area contributed by atoms with Gasteiger partial charge in [-0.1, -0.05) is 51.1 Å². The number of carbonyl (C=O) groups excluding carboxylic acids is 2. The monoisotopic (exact) mass is 454 g/mol. The second-order valence-corrected chi connectivity index (χ2v) is 10.2. The zero-order valence-electron chi connectivity index (χ0n) is 20.1. The molecule has 0 spiro atoms. The van der Waals surface area contributed by atoms with Crippen LogP contribution in [-0.2, 0) is 10.2 Å². The van der Waals surface area contributed by atoms with Gasteiger partial charge in [-0.25, -0.2) is 0 Å². The van der Waals surface area contributed by atoms with Crippen molar-refractivity contribution in [3.63, 3.8) is 0 Å². The molecule has 2 aromatic carbocycles. The van der Waals surface area contributed by atoms with Crippen LogP contribution in [-0.4, -0.2) is 24.9 Å². The molecular weight excluding hydrogens is 424 g/mol. The van der Waals surface area contributed by atoms with Crippen molar-refractivity contribution in [2.75, 3.05) is 11.9 Å². The van der Waals surface area contributed by atoms with Gasteiger partial charge >= 0.3 is 0 Å². The topological polar surface area (TPSA) is 74.1 Å². The molecule has 174 valence electrons. The first-order chi connectivity index (χ1) is 16.3. The highest BCUT2D eigenvalue weighted by Crippen LogP contribution is 2.54. The summed E-state index contributed by atoms with van der Waals surface area (Å²) in [6, 6.07) is 17.3. The van der Waals surface area contributed by atoms with Crippen LogP contribution in [0.1, 0.15) is 56.0 Å². The number of nitrogens with zero attached hydrogens (tertiary/aromatic N) is 3. The average Bonchev–Trinajstić information content (AvgIpc) is 3.30. The molecule has 6 nitrogen and oxygen atoms in total. The van der Waals surface area contributed by atoms with Crippen molar-refractivity contribution in [2.24, 2.45) is 15.6 Å². The Morgan fingerprint density at radius 1 is 1.12 bits per heavy atom. The molecule has 2 unspecified atom stereocenters. The predicted molar refractivity (Wildman–Crippen MR) is 132 cm³/mol. The number of benzene rings is 2. The van der Waals surface area contributed by atoms with Gasteiger partial charge in [0.15, 0.2) is 11.9 Å². The summed E-state index contributed by atoms with van der Waals surface area (Å²) in [6.45, 7) is 6.39. The van der Waals surface area contributed by atoms with E-state index in [4.69, 9.17) is 0 Å². The number of hydrogen-bond donors (Lipinski definition) is 1. The number of hydrogen-bond acceptors (Lipinski definition) is 5. The van der Waals surface area contributed by atoms with E-state index in [1.165, 1.54) is 0 Å². The summed E-state index contributed by atoms with van der Waals surface area (Å²) in [7, 11) is 1.79. The molecule has 1 amide bonds. The van der Waals surface area contributed by atoms with Gasteiger partial charge in [0.2, 0.25) is 0 Å². The van der Waals surface area contributed by atoms with E-state index >= 15 is 0 Å². The molecule has 1 aliphatic carbocycles. The van der Waals surface area contributed by atoms with Gasteiger partial charge in [0.05, 0.1) is 11.6 Å². The quantitative estimate of drug-likeness (QED) is 0.660. The Hall–Kier alpha value is -3.54. The number of Topliss-reactive ketones (excluding diaryl/α,β-unsaturated/α-hetero) is 1. The van der Waals surface area contributed by atoms with Crippen LogP contribution in [0.3, 0.4) is 0 Å². The largest absolute Gasteiger partial charge is 0.362 e. The molecule has 1 N–H and O–H groups in total. The first kappa shape index (κ1) is 22.3. The van der Waals surface area contributed by atoms with Gasteiger partial charge in [0, 0.05) is 41.6 Å². The van der Waals surface area contributed by atoms with E-state index in [-0.39, 0.29) is 23.3 Å². The molecule has 2 aromatic rings. The summed E-state index contributed by atoms with van der Waals surface area (Å²) < 4.78 is 0. The summed E-state index contributed by atoms with van der Waals surface area (Å²) in [5.41, 5.74) is 4.48. The van der Waals surface area contributed by atoms with Crippen molar-refractivity contribution in [1.29, 1.82) is 0 Å². The minimum Gasteiger partial charge on any atom is -0.362 e. The molecule has 5 rings (SSSR count). The molecule has 2 atom stereocenters. The number of allylic oxidation sites excluding steroid dienone is 2. The SMILES string of the molecule is CCC1(c2cccc(N(C)C(=O)c3ccccc3)c2)C2=CN=NC2NC2=C1C(=O)CC(C)(C)C2. The fraction of sp³-hybridized carbons (Fsp3) is 0.357. The number of nitrogens with one attached hydrogen (secondary N) is 1. The first-order valence-corrected chi connectivity index (χ1v) is 11.8. The van der Waals surface area contributed by atoms with Crippen molar-refractivity contribution in [1.82, 2.24) is 5.32 Å². The third-order valence-electron chi connectivity index (χ3n) is 7.36. The maximum absolute atomic E-state index is 13.6. The van der Waals surface area contributed by atoms with Crippen molar-refractivity contribution < 1.29 is 9.59 Å². The second kappa shape index (κ2) is 8.05. The molecule has 0 bridgehead atoms. The minimum absolute atomic E-state index is 0.0769. The van der Waals surface area contributed by atoms with Crippen molar-refractivity contribution >= 4 is 17.4 Å². The highest BCUT2D eigenvalue weighted by atomic mass is 16.2. The van der Waals surface area contributed by atoms with E-state index in [0.717, 1.165) is 34.5 Å². The molecular formula is C28H30N4O2. The molecule has 3 aliphatic rings. The van der Waals surface area contributed by atoms with E-state index in [2.05, 4.69) is 42.4 Å². The Balaban J connectivity index is 1.64. The van der Waals surface area contributed by atoms with Crippen LogP contribution in [0, 0.1) is 5.41 Å². The fourth-order valence-electron chi connectivity index (χ4n) is 5.76. The van der Waals surface area contributed by atoms with E-state index in [1.807, 2.05) is 54.7 Å². The van der Waals surface area contributed by atoms with Crippen LogP contribution in [0.2, 0.25) is 0 Å². The van der Waals surface area contributed by atoms with E-state index in [0.29, 0.717) is 18.4 Å². The van der Waals surface area contributed by atoms with Crippen LogP contribution in [0.25, 0.3) is 0 Å². The molecule has 0 saturated carbocycles. The van der Waals surface area contributed by atoms with Gasteiger partial charge < -0.3 is 10.2 Å². The lowest BCUT2D eigenvalue weighted by atomic mass is 9.59. The number of fused-ring (bicyclic) bond motifs is 1. The molecule has 6 heteroatoms. The highest BCUT2D eigenvalue weighted by Gasteiger charge is 2.53. The van der Waals surface area contributed by atoms with Crippen molar-refractivity contribution in [3.8, 4) is 0 Å². The van der Waals surface area contributed by atoms with E-state index < -0.39 is 5.41 Å². The number of rotatable bonds is 4. The van der Waals surface area contributed by atoms with Gasteiger partial charge in [-0.05, 0) is 48.1 Å². The molecule has 0 saturated heterocycles. The third kappa shape index (κ3) is 3.40. The number of anilines is 1. The summed E-state index contributed by atoms with van der Waals surface area (Å²) in [5.74, 6) is 0.0953. The summed E-state index contributed by atoms with van der Waals surface area (Å²) in [5, 5.41) is 12.2. The minimum atomic E-state index is -0.630. The first-order valence-electron chi connectivity index (χ1n) is 11.8. The standard InChI is InChI=1S/C28H30N4O2/c1-5-28(19-12-9-13-20(14-19)32(4)26(34)18-10-7-6-8-11-18)21-17-29-31-25(21)30-22-15-27(2,3)16-23(33)24(22)28/h6-14,17,25,30H,5,15-16H2,1-4H3. The average molecular weight is 455 g/mol. The molecule has 2 aliphatic heterocycles. The highest BCUT2D eigenvalue weighted by molar-refractivity contribution is 6.06. The van der Waals surface area contributed by atoms with Crippen LogP contribution in [0.4, 0.5) is 5.69 Å². The Morgan fingerprint density at radius 2 is 1.88 bits per heavy atom. The van der Waals surface area contributed by atoms with Crippen molar-refractivity contribution in [2.45, 2.75) is 51.6 Å². The normalized spacial score (nSPS) is 24.8. The van der Waals surface area contributed by atoms with Gasteiger partial charge in [0.25, 0.3) is 5.91 Å². The Bertz CT molecular complexity index is 1260. The summed E-state index contributed by atoms with van der Waals surface area (Å²) in [4.78, 5) is 28.4. The van der Waals surface area contributed by atoms with Gasteiger partial charge in [-0.15, -0.1) is 0 Å². The second-order valence-electron chi connectivity index (χ2n) is 10.2. The Labute approximate surface area is 200 Å². The summed E-state index contributed by atoms with van der Waals surface area (Å²) >= 11 is 0. The Kier molecular flexibility index (Phi) is 5.27. The number of carbonyl (C=O) groups is 2. The number of ketones is 1. The summed E-state index contributed by atoms with van der Waals surface area (Å²) in [6.07, 6.45) is 3.54. The lowest BCUT2D eigenvalue weighted by Crippen LogP contribution is -2.51. The van der Waals surface area contributed by atoms with E-state index in [9.17, 15) is 9.59 Å². The number of amides is 1. The van der Waals surface area contributed by atoms with Crippen LogP contribution >= 0.6 is 0 Å². The van der Waals surface area contributed by atoms with Gasteiger partial charge in [0.1, 0.15) is 0 Å². The molecule has 0 fully saturated rings. The molecule has 0 radical (unpaired) electrons. The van der Waals surface area contributed by atoms with Crippen LogP contribution in [0.15, 0.2) is 87.9 Å². The Morgan fingerprint density at radius 3 is 2.62 bits per heavy atom. The number of azo groups is 1. The zero-order chi connectivity index (χ0) is 24.1.